The first-order chi connectivity index (χ1) is 9.88. The van der Waals surface area contributed by atoms with E-state index in [2.05, 4.69) is 29.4 Å². The van der Waals surface area contributed by atoms with Gasteiger partial charge in [0.1, 0.15) is 5.71 Å². The van der Waals surface area contributed by atoms with Crippen molar-refractivity contribution in [3.63, 3.8) is 0 Å². The van der Waals surface area contributed by atoms with Crippen molar-refractivity contribution >= 4 is 17.0 Å². The molecule has 0 atom stereocenters. The quantitative estimate of drug-likeness (QED) is 0.399. The maximum absolute atomic E-state index is 9.33. The molecule has 0 unspecified atom stereocenters. The monoisotopic (exact) mass is 277 g/mol. The van der Waals surface area contributed by atoms with Crippen LogP contribution in [0.5, 0.6) is 0 Å². The molecule has 1 aliphatic rings. The third-order valence-electron chi connectivity index (χ3n) is 3.57. The van der Waals surface area contributed by atoms with Gasteiger partial charge in [0.25, 0.3) is 0 Å². The summed E-state index contributed by atoms with van der Waals surface area (Å²) in [6, 6.07) is 20.5. The average molecular weight is 277 g/mol. The molecule has 0 aliphatic heterocycles. The number of oxime groups is 1. The van der Waals surface area contributed by atoms with Crippen LogP contribution in [0.2, 0.25) is 0 Å². The molecule has 0 bridgehead atoms. The van der Waals surface area contributed by atoms with E-state index in [4.69, 9.17) is 0 Å². The summed E-state index contributed by atoms with van der Waals surface area (Å²) in [4.78, 5) is 2.39. The van der Waals surface area contributed by atoms with E-state index >= 15 is 0 Å². The van der Waals surface area contributed by atoms with Crippen LogP contribution in [0.3, 0.4) is 0 Å². The van der Waals surface area contributed by atoms with Gasteiger partial charge in [-0.1, -0.05) is 59.8 Å². The van der Waals surface area contributed by atoms with Crippen molar-refractivity contribution in [3.05, 3.63) is 71.8 Å². The summed E-state index contributed by atoms with van der Waals surface area (Å²) in [6.45, 7) is 0. The van der Waals surface area contributed by atoms with Crippen molar-refractivity contribution in [1.29, 1.82) is 0 Å². The van der Waals surface area contributed by atoms with Gasteiger partial charge < -0.3 is 5.21 Å². The molecule has 0 amide bonds. The minimum absolute atomic E-state index is 0.675. The Labute approximate surface area is 120 Å². The van der Waals surface area contributed by atoms with Gasteiger partial charge in [-0.3, -0.25) is 0 Å². The van der Waals surface area contributed by atoms with Gasteiger partial charge in [0.2, 0.25) is 0 Å². The predicted octanol–water partition coefficient (Wildman–Crippen LogP) is 4.62. The van der Waals surface area contributed by atoms with Crippen LogP contribution in [0.1, 0.15) is 11.1 Å². The summed E-state index contributed by atoms with van der Waals surface area (Å²) < 4.78 is 0. The molecule has 0 radical (unpaired) electrons. The van der Waals surface area contributed by atoms with Gasteiger partial charge in [0, 0.05) is 26.4 Å². The van der Waals surface area contributed by atoms with Crippen molar-refractivity contribution in [2.24, 2.45) is 5.16 Å². The van der Waals surface area contributed by atoms with Crippen molar-refractivity contribution in [2.75, 3.05) is 0 Å². The maximum Gasteiger partial charge on any atom is 0.119 e. The highest BCUT2D eigenvalue weighted by molar-refractivity contribution is 7.19. The van der Waals surface area contributed by atoms with Crippen LogP contribution in [0, 0.1) is 0 Å². The van der Waals surface area contributed by atoms with Crippen LogP contribution in [-0.4, -0.2) is 10.9 Å². The number of benzene rings is 2. The van der Waals surface area contributed by atoms with Gasteiger partial charge in [-0.2, -0.15) is 0 Å². The first kappa shape index (κ1) is 11.4. The van der Waals surface area contributed by atoms with Crippen LogP contribution in [0.15, 0.2) is 65.8 Å². The molecule has 2 aromatic carbocycles. The first-order valence-electron chi connectivity index (χ1n) is 6.40. The Morgan fingerprint density at radius 1 is 0.800 bits per heavy atom. The molecule has 20 heavy (non-hydrogen) atoms. The number of fused-ring (bicyclic) bond motifs is 3. The molecule has 4 rings (SSSR count). The average Bonchev–Trinajstić information content (AvgIpc) is 3.05. The topological polar surface area (TPSA) is 32.6 Å². The van der Waals surface area contributed by atoms with Crippen LogP contribution >= 0.6 is 11.3 Å². The summed E-state index contributed by atoms with van der Waals surface area (Å²) in [7, 11) is 0. The van der Waals surface area contributed by atoms with Gasteiger partial charge in [0.05, 0.1) is 0 Å². The van der Waals surface area contributed by atoms with Crippen LogP contribution in [-0.2, 0) is 0 Å². The van der Waals surface area contributed by atoms with E-state index in [1.54, 1.807) is 11.3 Å². The molecule has 0 saturated heterocycles. The number of nitrogens with zero attached hydrogens (tertiary/aromatic N) is 1. The fraction of sp³-hybridized carbons (Fsp3) is 0. The molecule has 0 saturated carbocycles. The van der Waals surface area contributed by atoms with Crippen molar-refractivity contribution in [3.8, 4) is 20.9 Å². The lowest BCUT2D eigenvalue weighted by atomic mass is 10.1. The largest absolute Gasteiger partial charge is 0.410 e. The van der Waals surface area contributed by atoms with Crippen LogP contribution in [0.4, 0.5) is 0 Å². The Morgan fingerprint density at radius 2 is 1.50 bits per heavy atom. The standard InChI is InChI=1S/C17H11NOS/c19-18-16-12-8-4-5-9-13(12)17-14(16)10-15(20-17)11-6-2-1-3-7-11/h1-10,19H/b18-16-. The third kappa shape index (κ3) is 1.53. The number of rotatable bonds is 1. The summed E-state index contributed by atoms with van der Waals surface area (Å²) in [5.41, 5.74) is 5.06. The highest BCUT2D eigenvalue weighted by Crippen LogP contribution is 2.45. The lowest BCUT2D eigenvalue weighted by Crippen LogP contribution is -1.96. The van der Waals surface area contributed by atoms with E-state index in [0.29, 0.717) is 5.71 Å². The Kier molecular flexibility index (Phi) is 2.47. The van der Waals surface area contributed by atoms with Gasteiger partial charge >= 0.3 is 0 Å². The van der Waals surface area contributed by atoms with E-state index < -0.39 is 0 Å². The number of hydrogen-bond donors (Lipinski definition) is 1. The molecule has 1 N–H and O–H groups in total. The normalized spacial score (nSPS) is 14.3. The van der Waals surface area contributed by atoms with Gasteiger partial charge in [-0.15, -0.1) is 11.3 Å². The van der Waals surface area contributed by atoms with E-state index in [9.17, 15) is 5.21 Å². The predicted molar refractivity (Wildman–Crippen MR) is 82.6 cm³/mol. The lowest BCUT2D eigenvalue weighted by molar-refractivity contribution is 0.320. The molecule has 3 aromatic rings. The maximum atomic E-state index is 9.33. The zero-order chi connectivity index (χ0) is 13.5. The number of thiophene rings is 1. The Morgan fingerprint density at radius 3 is 2.25 bits per heavy atom. The molecule has 96 valence electrons. The second-order valence-corrected chi connectivity index (χ2v) is 5.77. The molecule has 1 aromatic heterocycles. The van der Waals surface area contributed by atoms with Crippen molar-refractivity contribution < 1.29 is 5.21 Å². The second kappa shape index (κ2) is 4.32. The zero-order valence-electron chi connectivity index (χ0n) is 10.6. The molecule has 3 heteroatoms. The lowest BCUT2D eigenvalue weighted by Gasteiger charge is -2.00. The minimum atomic E-state index is 0.675. The first-order valence-corrected chi connectivity index (χ1v) is 7.21. The molecule has 0 spiro atoms. The minimum Gasteiger partial charge on any atom is -0.410 e. The van der Waals surface area contributed by atoms with E-state index in [1.807, 2.05) is 36.4 Å². The molecule has 2 nitrogen and oxygen atoms in total. The van der Waals surface area contributed by atoms with E-state index in [-0.39, 0.29) is 0 Å². The van der Waals surface area contributed by atoms with E-state index in [0.717, 1.165) is 16.7 Å². The van der Waals surface area contributed by atoms with Gasteiger partial charge in [-0.05, 0) is 11.6 Å². The second-order valence-electron chi connectivity index (χ2n) is 4.71. The fourth-order valence-corrected chi connectivity index (χ4v) is 3.86. The molecular weight excluding hydrogens is 266 g/mol. The molecular formula is C17H11NOS. The molecule has 1 aliphatic carbocycles. The summed E-state index contributed by atoms with van der Waals surface area (Å²) in [5.74, 6) is 0. The van der Waals surface area contributed by atoms with Crippen molar-refractivity contribution in [1.82, 2.24) is 0 Å². The smallest absolute Gasteiger partial charge is 0.119 e. The molecule has 1 heterocycles. The zero-order valence-corrected chi connectivity index (χ0v) is 11.4. The fourth-order valence-electron chi connectivity index (χ4n) is 2.65. The highest BCUT2D eigenvalue weighted by Gasteiger charge is 2.27. The summed E-state index contributed by atoms with van der Waals surface area (Å²) in [5, 5.41) is 12.8. The van der Waals surface area contributed by atoms with Crippen LogP contribution < -0.4 is 0 Å². The van der Waals surface area contributed by atoms with Crippen molar-refractivity contribution in [2.45, 2.75) is 0 Å². The Bertz CT molecular complexity index is 818. The molecule has 0 fully saturated rings. The SMILES string of the molecule is O/N=C1/c2ccccc2-c2sc(-c3ccccc3)cc21. The highest BCUT2D eigenvalue weighted by atomic mass is 32.1. The Balaban J connectivity index is 1.95. The van der Waals surface area contributed by atoms with Crippen LogP contribution in [0.25, 0.3) is 20.9 Å². The Hall–Kier alpha value is -2.39. The van der Waals surface area contributed by atoms with Gasteiger partial charge in [0.15, 0.2) is 0 Å². The summed E-state index contributed by atoms with van der Waals surface area (Å²) >= 11 is 1.74. The summed E-state index contributed by atoms with van der Waals surface area (Å²) in [6.07, 6.45) is 0. The number of hydrogen-bond acceptors (Lipinski definition) is 3. The van der Waals surface area contributed by atoms with Gasteiger partial charge in [-0.25, -0.2) is 0 Å². The third-order valence-corrected chi connectivity index (χ3v) is 4.79. The van der Waals surface area contributed by atoms with E-state index in [1.165, 1.54) is 15.3 Å².